The predicted molar refractivity (Wildman–Crippen MR) is 95.1 cm³/mol. The molecule has 0 aliphatic heterocycles. The van der Waals surface area contributed by atoms with Gasteiger partial charge >= 0.3 is 0 Å². The molecule has 3 rings (SSSR count). The number of carbonyl (C=O) groups excluding carboxylic acids is 1. The van der Waals surface area contributed by atoms with Crippen molar-refractivity contribution in [2.45, 2.75) is 38.0 Å². The van der Waals surface area contributed by atoms with Crippen molar-refractivity contribution in [1.29, 1.82) is 0 Å². The van der Waals surface area contributed by atoms with E-state index in [0.29, 0.717) is 18.1 Å². The van der Waals surface area contributed by atoms with Crippen LogP contribution >= 0.6 is 0 Å². The molecule has 1 fully saturated rings. The standard InChI is InChI=1S/C20H24N2O3/c1-25-13-15-3-2-4-16(9-15)20(24)22-19(17-11-18(23)12-17)10-14-5-7-21-8-6-14/h2-9,17-19,23H,10-13H2,1H3,(H,22,24). The van der Waals surface area contributed by atoms with Crippen LogP contribution in [-0.4, -0.2) is 35.3 Å². The van der Waals surface area contributed by atoms with Crippen LogP contribution in [0.15, 0.2) is 48.8 Å². The highest BCUT2D eigenvalue weighted by molar-refractivity contribution is 5.94. The smallest absolute Gasteiger partial charge is 0.251 e. The molecule has 1 saturated carbocycles. The van der Waals surface area contributed by atoms with E-state index in [1.807, 2.05) is 36.4 Å². The first kappa shape index (κ1) is 17.6. The molecule has 0 saturated heterocycles. The highest BCUT2D eigenvalue weighted by atomic mass is 16.5. The van der Waals surface area contributed by atoms with E-state index in [2.05, 4.69) is 10.3 Å². The minimum absolute atomic E-state index is 0.00406. The number of rotatable bonds is 7. The summed E-state index contributed by atoms with van der Waals surface area (Å²) < 4.78 is 5.13. The van der Waals surface area contributed by atoms with Crippen molar-refractivity contribution in [3.63, 3.8) is 0 Å². The molecule has 2 aromatic rings. The zero-order valence-electron chi connectivity index (χ0n) is 14.4. The fourth-order valence-corrected chi connectivity index (χ4v) is 3.29. The van der Waals surface area contributed by atoms with Gasteiger partial charge in [-0.1, -0.05) is 12.1 Å². The maximum atomic E-state index is 12.7. The van der Waals surface area contributed by atoms with Crippen LogP contribution in [0.3, 0.4) is 0 Å². The second kappa shape index (κ2) is 8.23. The van der Waals surface area contributed by atoms with Gasteiger partial charge in [-0.3, -0.25) is 9.78 Å². The van der Waals surface area contributed by atoms with Crippen LogP contribution in [0, 0.1) is 5.92 Å². The summed E-state index contributed by atoms with van der Waals surface area (Å²) in [6.07, 6.45) is 5.49. The van der Waals surface area contributed by atoms with Gasteiger partial charge in [0.05, 0.1) is 12.7 Å². The number of hydrogen-bond donors (Lipinski definition) is 2. The van der Waals surface area contributed by atoms with Gasteiger partial charge < -0.3 is 15.2 Å². The van der Waals surface area contributed by atoms with Crippen molar-refractivity contribution in [1.82, 2.24) is 10.3 Å². The number of nitrogens with one attached hydrogen (secondary N) is 1. The Kier molecular flexibility index (Phi) is 5.79. The maximum absolute atomic E-state index is 12.7. The van der Waals surface area contributed by atoms with Crippen molar-refractivity contribution in [2.75, 3.05) is 7.11 Å². The third-order valence-electron chi connectivity index (χ3n) is 4.74. The van der Waals surface area contributed by atoms with Gasteiger partial charge in [0.1, 0.15) is 0 Å². The number of pyridine rings is 1. The quantitative estimate of drug-likeness (QED) is 0.811. The number of nitrogens with zero attached hydrogens (tertiary/aromatic N) is 1. The van der Waals surface area contributed by atoms with Crippen molar-refractivity contribution < 1.29 is 14.6 Å². The molecule has 1 aromatic carbocycles. The number of ether oxygens (including phenoxy) is 1. The SMILES string of the molecule is COCc1cccc(C(=O)NC(Cc2ccncc2)C2CC(O)C2)c1. The Labute approximate surface area is 148 Å². The number of aliphatic hydroxyl groups is 1. The van der Waals surface area contributed by atoms with Crippen LogP contribution in [0.5, 0.6) is 0 Å². The predicted octanol–water partition coefficient (Wildman–Crippen LogP) is 2.34. The van der Waals surface area contributed by atoms with Gasteiger partial charge in [-0.05, 0) is 60.6 Å². The molecule has 1 atom stereocenters. The lowest BCUT2D eigenvalue weighted by atomic mass is 9.75. The summed E-state index contributed by atoms with van der Waals surface area (Å²) in [7, 11) is 1.64. The topological polar surface area (TPSA) is 71.5 Å². The zero-order chi connectivity index (χ0) is 17.6. The maximum Gasteiger partial charge on any atom is 0.251 e. The lowest BCUT2D eigenvalue weighted by molar-refractivity contribution is 0.0239. The van der Waals surface area contributed by atoms with E-state index in [4.69, 9.17) is 4.74 Å². The molecule has 5 heteroatoms. The molecule has 1 aliphatic rings. The molecule has 1 aliphatic carbocycles. The third kappa shape index (κ3) is 4.65. The summed E-state index contributed by atoms with van der Waals surface area (Å²) in [5.41, 5.74) is 2.74. The molecule has 0 spiro atoms. The van der Waals surface area contributed by atoms with Gasteiger partial charge in [-0.15, -0.1) is 0 Å². The molecule has 25 heavy (non-hydrogen) atoms. The number of aromatic nitrogens is 1. The van der Waals surface area contributed by atoms with Crippen LogP contribution in [0.25, 0.3) is 0 Å². The van der Waals surface area contributed by atoms with Gasteiger partial charge in [0.25, 0.3) is 5.91 Å². The van der Waals surface area contributed by atoms with Gasteiger partial charge in [0, 0.05) is 31.1 Å². The van der Waals surface area contributed by atoms with E-state index < -0.39 is 0 Å². The summed E-state index contributed by atoms with van der Waals surface area (Å²) >= 11 is 0. The molecule has 132 valence electrons. The first-order valence-electron chi connectivity index (χ1n) is 8.61. The van der Waals surface area contributed by atoms with Gasteiger partial charge in [-0.2, -0.15) is 0 Å². The minimum Gasteiger partial charge on any atom is -0.393 e. The molecule has 1 amide bonds. The summed E-state index contributed by atoms with van der Waals surface area (Å²) in [4.78, 5) is 16.7. The molecule has 1 aromatic heterocycles. The fourth-order valence-electron chi connectivity index (χ4n) is 3.29. The lowest BCUT2D eigenvalue weighted by Gasteiger charge is -2.38. The highest BCUT2D eigenvalue weighted by Gasteiger charge is 2.34. The van der Waals surface area contributed by atoms with E-state index in [-0.39, 0.29) is 18.1 Å². The van der Waals surface area contributed by atoms with Crippen molar-refractivity contribution in [3.05, 3.63) is 65.5 Å². The van der Waals surface area contributed by atoms with Crippen LogP contribution in [0.2, 0.25) is 0 Å². The van der Waals surface area contributed by atoms with E-state index >= 15 is 0 Å². The second-order valence-electron chi connectivity index (χ2n) is 6.66. The van der Waals surface area contributed by atoms with E-state index in [1.54, 1.807) is 19.5 Å². The number of amides is 1. The van der Waals surface area contributed by atoms with Gasteiger partial charge in [-0.25, -0.2) is 0 Å². The Morgan fingerprint density at radius 3 is 2.72 bits per heavy atom. The number of benzene rings is 1. The van der Waals surface area contributed by atoms with Gasteiger partial charge in [0.2, 0.25) is 0 Å². The molecular weight excluding hydrogens is 316 g/mol. The normalized spacial score (nSPS) is 20.6. The second-order valence-corrected chi connectivity index (χ2v) is 6.66. The number of carbonyl (C=O) groups is 1. The average Bonchev–Trinajstić information content (AvgIpc) is 2.60. The highest BCUT2D eigenvalue weighted by Crippen LogP contribution is 2.32. The minimum atomic E-state index is -0.244. The molecule has 5 nitrogen and oxygen atoms in total. The largest absolute Gasteiger partial charge is 0.393 e. The zero-order valence-corrected chi connectivity index (χ0v) is 14.4. The summed E-state index contributed by atoms with van der Waals surface area (Å²) in [6.45, 7) is 0.483. The summed E-state index contributed by atoms with van der Waals surface area (Å²) in [5, 5.41) is 12.8. The van der Waals surface area contributed by atoms with Crippen LogP contribution in [-0.2, 0) is 17.8 Å². The Bertz CT molecular complexity index is 699. The Morgan fingerprint density at radius 1 is 1.28 bits per heavy atom. The van der Waals surface area contributed by atoms with Crippen molar-refractivity contribution >= 4 is 5.91 Å². The first-order chi connectivity index (χ1) is 12.2. The third-order valence-corrected chi connectivity index (χ3v) is 4.74. The number of hydrogen-bond acceptors (Lipinski definition) is 4. The Hall–Kier alpha value is -2.24. The van der Waals surface area contributed by atoms with E-state index in [9.17, 15) is 9.90 Å². The van der Waals surface area contributed by atoms with Crippen molar-refractivity contribution in [2.24, 2.45) is 5.92 Å². The molecule has 0 bridgehead atoms. The first-order valence-corrected chi connectivity index (χ1v) is 8.61. The molecule has 0 radical (unpaired) electrons. The van der Waals surface area contributed by atoms with Crippen LogP contribution in [0.1, 0.15) is 34.3 Å². The van der Waals surface area contributed by atoms with E-state index in [1.165, 1.54) is 0 Å². The number of methoxy groups -OCH3 is 1. The van der Waals surface area contributed by atoms with Crippen LogP contribution < -0.4 is 5.32 Å². The molecule has 2 N–H and O–H groups in total. The molecular formula is C20H24N2O3. The Morgan fingerprint density at radius 2 is 2.04 bits per heavy atom. The van der Waals surface area contributed by atoms with Crippen LogP contribution in [0.4, 0.5) is 0 Å². The summed E-state index contributed by atoms with van der Waals surface area (Å²) in [6, 6.07) is 11.4. The van der Waals surface area contributed by atoms with E-state index in [0.717, 1.165) is 30.4 Å². The molecule has 1 unspecified atom stereocenters. The fraction of sp³-hybridized carbons (Fsp3) is 0.400. The van der Waals surface area contributed by atoms with Gasteiger partial charge in [0.15, 0.2) is 0 Å². The molecule has 1 heterocycles. The Balaban J connectivity index is 1.70. The van der Waals surface area contributed by atoms with Crippen molar-refractivity contribution in [3.8, 4) is 0 Å². The monoisotopic (exact) mass is 340 g/mol. The number of aliphatic hydroxyl groups excluding tert-OH is 1. The summed E-state index contributed by atoms with van der Waals surface area (Å²) in [5.74, 6) is 0.215. The average molecular weight is 340 g/mol. The lowest BCUT2D eigenvalue weighted by Crippen LogP contribution is -2.48.